The van der Waals surface area contributed by atoms with Gasteiger partial charge >= 0.3 is 0 Å². The predicted molar refractivity (Wildman–Crippen MR) is 57.2 cm³/mol. The molecule has 1 aromatic rings. The van der Waals surface area contributed by atoms with Gasteiger partial charge in [-0.15, -0.1) is 0 Å². The normalized spacial score (nSPS) is 20.9. The third kappa shape index (κ3) is 1.46. The standard InChI is InChI=1S/C12H14N2/c1-10-5-4-8-14(10)12-7-3-2-6-11(12)9-13/h2-3,6-7,10H,4-5,8H2,1H3. The quantitative estimate of drug-likeness (QED) is 0.674. The molecule has 1 aromatic carbocycles. The molecule has 1 atom stereocenters. The van der Waals surface area contributed by atoms with Crippen molar-refractivity contribution in [2.75, 3.05) is 11.4 Å². The lowest BCUT2D eigenvalue weighted by Gasteiger charge is -2.24. The third-order valence-electron chi connectivity index (χ3n) is 2.89. The van der Waals surface area contributed by atoms with E-state index in [9.17, 15) is 0 Å². The van der Waals surface area contributed by atoms with Crippen LogP contribution in [-0.4, -0.2) is 12.6 Å². The van der Waals surface area contributed by atoms with E-state index in [1.165, 1.54) is 12.8 Å². The minimum absolute atomic E-state index is 0.574. The van der Waals surface area contributed by atoms with Crippen molar-refractivity contribution < 1.29 is 0 Å². The zero-order chi connectivity index (χ0) is 9.97. The van der Waals surface area contributed by atoms with Gasteiger partial charge in [-0.2, -0.15) is 5.26 Å². The van der Waals surface area contributed by atoms with Gasteiger partial charge in [-0.3, -0.25) is 0 Å². The Morgan fingerprint density at radius 3 is 2.86 bits per heavy atom. The van der Waals surface area contributed by atoms with Crippen LogP contribution in [-0.2, 0) is 0 Å². The molecule has 1 heterocycles. The lowest BCUT2D eigenvalue weighted by Crippen LogP contribution is -2.26. The third-order valence-corrected chi connectivity index (χ3v) is 2.89. The molecule has 2 heteroatoms. The topological polar surface area (TPSA) is 27.0 Å². The summed E-state index contributed by atoms with van der Waals surface area (Å²) in [6.07, 6.45) is 2.47. The summed E-state index contributed by atoms with van der Waals surface area (Å²) in [4.78, 5) is 2.33. The van der Waals surface area contributed by atoms with Crippen molar-refractivity contribution in [3.05, 3.63) is 29.8 Å². The van der Waals surface area contributed by atoms with E-state index >= 15 is 0 Å². The monoisotopic (exact) mass is 186 g/mol. The van der Waals surface area contributed by atoms with Crippen LogP contribution in [0.5, 0.6) is 0 Å². The Balaban J connectivity index is 2.36. The second-order valence-electron chi connectivity index (χ2n) is 3.81. The highest BCUT2D eigenvalue weighted by Crippen LogP contribution is 2.27. The second kappa shape index (κ2) is 3.71. The van der Waals surface area contributed by atoms with Crippen LogP contribution in [0.15, 0.2) is 24.3 Å². The average molecular weight is 186 g/mol. The highest BCUT2D eigenvalue weighted by atomic mass is 15.2. The summed E-state index contributed by atoms with van der Waals surface area (Å²) in [5.74, 6) is 0. The largest absolute Gasteiger partial charge is 0.368 e. The van der Waals surface area contributed by atoms with E-state index in [1.54, 1.807) is 0 Å². The van der Waals surface area contributed by atoms with Crippen LogP contribution < -0.4 is 4.90 Å². The van der Waals surface area contributed by atoms with Crippen molar-refractivity contribution in [3.63, 3.8) is 0 Å². The van der Waals surface area contributed by atoms with Gasteiger partial charge in [0.25, 0.3) is 0 Å². The number of hydrogen-bond acceptors (Lipinski definition) is 2. The van der Waals surface area contributed by atoms with E-state index < -0.39 is 0 Å². The fraction of sp³-hybridized carbons (Fsp3) is 0.417. The van der Waals surface area contributed by atoms with Crippen LogP contribution in [0, 0.1) is 11.3 Å². The molecule has 0 N–H and O–H groups in total. The van der Waals surface area contributed by atoms with Crippen molar-refractivity contribution in [3.8, 4) is 6.07 Å². The Labute approximate surface area is 84.8 Å². The summed E-state index contributed by atoms with van der Waals surface area (Å²) in [6.45, 7) is 3.31. The van der Waals surface area contributed by atoms with E-state index in [0.29, 0.717) is 6.04 Å². The number of hydrogen-bond donors (Lipinski definition) is 0. The highest BCUT2D eigenvalue weighted by Gasteiger charge is 2.21. The summed E-state index contributed by atoms with van der Waals surface area (Å²) >= 11 is 0. The highest BCUT2D eigenvalue weighted by molar-refractivity contribution is 5.60. The second-order valence-corrected chi connectivity index (χ2v) is 3.81. The number of anilines is 1. The van der Waals surface area contributed by atoms with Gasteiger partial charge < -0.3 is 4.90 Å². The van der Waals surface area contributed by atoms with Gasteiger partial charge in [0.2, 0.25) is 0 Å². The minimum atomic E-state index is 0.574. The molecule has 1 aliphatic rings. The van der Waals surface area contributed by atoms with E-state index in [1.807, 2.05) is 24.3 Å². The average Bonchev–Trinajstić information content (AvgIpc) is 2.64. The lowest BCUT2D eigenvalue weighted by atomic mass is 10.1. The first-order valence-corrected chi connectivity index (χ1v) is 5.08. The molecule has 0 bridgehead atoms. The number of nitriles is 1. The first kappa shape index (κ1) is 9.08. The molecule has 2 nitrogen and oxygen atoms in total. The fourth-order valence-corrected chi connectivity index (χ4v) is 2.11. The van der Waals surface area contributed by atoms with Crippen LogP contribution in [0.3, 0.4) is 0 Å². The molecule has 1 fully saturated rings. The predicted octanol–water partition coefficient (Wildman–Crippen LogP) is 2.55. The molecule has 1 saturated heterocycles. The number of nitrogens with zero attached hydrogens (tertiary/aromatic N) is 2. The van der Waals surface area contributed by atoms with Crippen LogP contribution in [0.1, 0.15) is 25.3 Å². The fourth-order valence-electron chi connectivity index (χ4n) is 2.11. The van der Waals surface area contributed by atoms with Crippen LogP contribution in [0.2, 0.25) is 0 Å². The Hall–Kier alpha value is -1.49. The number of para-hydroxylation sites is 1. The van der Waals surface area contributed by atoms with E-state index in [2.05, 4.69) is 17.9 Å². The van der Waals surface area contributed by atoms with E-state index in [0.717, 1.165) is 17.8 Å². The smallest absolute Gasteiger partial charge is 0.101 e. The number of benzene rings is 1. The Morgan fingerprint density at radius 1 is 1.43 bits per heavy atom. The molecule has 0 saturated carbocycles. The lowest BCUT2D eigenvalue weighted by molar-refractivity contribution is 0.734. The van der Waals surface area contributed by atoms with Gasteiger partial charge in [-0.25, -0.2) is 0 Å². The molecule has 0 radical (unpaired) electrons. The molecule has 0 amide bonds. The molecule has 0 aliphatic carbocycles. The Morgan fingerprint density at radius 2 is 2.21 bits per heavy atom. The summed E-state index contributed by atoms with van der Waals surface area (Å²) < 4.78 is 0. The zero-order valence-corrected chi connectivity index (χ0v) is 8.40. The van der Waals surface area contributed by atoms with Crippen molar-refractivity contribution in [2.24, 2.45) is 0 Å². The Bertz CT molecular complexity index is 365. The number of rotatable bonds is 1. The zero-order valence-electron chi connectivity index (χ0n) is 8.40. The van der Waals surface area contributed by atoms with Crippen molar-refractivity contribution in [2.45, 2.75) is 25.8 Å². The maximum absolute atomic E-state index is 8.99. The molecule has 2 rings (SSSR count). The van der Waals surface area contributed by atoms with Gasteiger partial charge in [0, 0.05) is 12.6 Å². The van der Waals surface area contributed by atoms with Gasteiger partial charge in [0.1, 0.15) is 6.07 Å². The van der Waals surface area contributed by atoms with Crippen molar-refractivity contribution in [1.82, 2.24) is 0 Å². The van der Waals surface area contributed by atoms with Crippen molar-refractivity contribution in [1.29, 1.82) is 5.26 Å². The summed E-state index contributed by atoms with van der Waals surface area (Å²) in [6, 6.07) is 10.7. The molecule has 72 valence electrons. The van der Waals surface area contributed by atoms with E-state index in [4.69, 9.17) is 5.26 Å². The van der Waals surface area contributed by atoms with Crippen LogP contribution >= 0.6 is 0 Å². The molecule has 0 aromatic heterocycles. The van der Waals surface area contributed by atoms with Gasteiger partial charge in [-0.05, 0) is 31.9 Å². The van der Waals surface area contributed by atoms with Gasteiger partial charge in [0.15, 0.2) is 0 Å². The molecule has 0 spiro atoms. The van der Waals surface area contributed by atoms with E-state index in [-0.39, 0.29) is 0 Å². The van der Waals surface area contributed by atoms with Gasteiger partial charge in [0.05, 0.1) is 11.3 Å². The maximum atomic E-state index is 8.99. The molecular weight excluding hydrogens is 172 g/mol. The summed E-state index contributed by atoms with van der Waals surface area (Å²) in [7, 11) is 0. The Kier molecular flexibility index (Phi) is 2.41. The first-order chi connectivity index (χ1) is 6.83. The summed E-state index contributed by atoms with van der Waals surface area (Å²) in [5.41, 5.74) is 1.89. The molecule has 1 aliphatic heterocycles. The molecule has 14 heavy (non-hydrogen) atoms. The van der Waals surface area contributed by atoms with Crippen LogP contribution in [0.4, 0.5) is 5.69 Å². The van der Waals surface area contributed by atoms with Crippen LogP contribution in [0.25, 0.3) is 0 Å². The summed E-state index contributed by atoms with van der Waals surface area (Å²) in [5, 5.41) is 8.99. The maximum Gasteiger partial charge on any atom is 0.101 e. The SMILES string of the molecule is CC1CCCN1c1ccccc1C#N. The molecule has 1 unspecified atom stereocenters. The first-order valence-electron chi connectivity index (χ1n) is 5.08. The van der Waals surface area contributed by atoms with Crippen molar-refractivity contribution >= 4 is 5.69 Å². The van der Waals surface area contributed by atoms with Gasteiger partial charge in [-0.1, -0.05) is 12.1 Å². The molecular formula is C12H14N2. The minimum Gasteiger partial charge on any atom is -0.368 e.